The molecule has 1 aliphatic rings. The maximum Gasteiger partial charge on any atom is 0.127 e. The lowest BCUT2D eigenvalue weighted by molar-refractivity contribution is -0.114. The van der Waals surface area contributed by atoms with Gasteiger partial charge in [0.15, 0.2) is 0 Å². The molecule has 0 radical (unpaired) electrons. The van der Waals surface area contributed by atoms with Crippen LogP contribution in [0.5, 0.6) is 0 Å². The maximum absolute atomic E-state index is 11.2. The molecule has 0 aromatic carbocycles. The van der Waals surface area contributed by atoms with E-state index in [0.717, 1.165) is 24.7 Å². The Kier molecular flexibility index (Phi) is 4.12. The van der Waals surface area contributed by atoms with Gasteiger partial charge in [-0.2, -0.15) is 0 Å². The molecule has 1 fully saturated rings. The molecule has 0 amide bonds. The average Bonchev–Trinajstić information content (AvgIpc) is 2.15. The van der Waals surface area contributed by atoms with Crippen molar-refractivity contribution >= 4 is 6.29 Å². The quantitative estimate of drug-likeness (QED) is 0.516. The van der Waals surface area contributed by atoms with Crippen LogP contribution >= 0.6 is 0 Å². The Labute approximate surface area is 99.6 Å². The molecule has 1 nitrogen and oxygen atoms in total. The summed E-state index contributed by atoms with van der Waals surface area (Å²) >= 11 is 0. The first-order chi connectivity index (χ1) is 7.39. The topological polar surface area (TPSA) is 17.1 Å². The van der Waals surface area contributed by atoms with Crippen LogP contribution in [-0.2, 0) is 4.79 Å². The zero-order valence-electron chi connectivity index (χ0n) is 11.0. The van der Waals surface area contributed by atoms with Crippen LogP contribution in [0.15, 0.2) is 23.8 Å². The maximum atomic E-state index is 11.2. The van der Waals surface area contributed by atoms with Gasteiger partial charge in [-0.15, -0.1) is 0 Å². The number of rotatable bonds is 3. The van der Waals surface area contributed by atoms with Crippen LogP contribution < -0.4 is 0 Å². The fraction of sp³-hybridized carbons (Fsp3) is 0.667. The zero-order chi connectivity index (χ0) is 12.3. The number of aldehydes is 1. The zero-order valence-corrected chi connectivity index (χ0v) is 11.0. The van der Waals surface area contributed by atoms with Gasteiger partial charge in [0, 0.05) is 5.92 Å². The highest BCUT2D eigenvalue weighted by Crippen LogP contribution is 2.47. The normalized spacial score (nSPS) is 28.6. The molecule has 1 aliphatic carbocycles. The summed E-state index contributed by atoms with van der Waals surface area (Å²) in [6, 6.07) is 0. The van der Waals surface area contributed by atoms with E-state index < -0.39 is 0 Å². The summed E-state index contributed by atoms with van der Waals surface area (Å²) in [6.07, 6.45) is 6.65. The summed E-state index contributed by atoms with van der Waals surface area (Å²) in [5.74, 6) is 0.639. The number of carbonyl (C=O) groups is 1. The Balaban J connectivity index is 2.83. The molecule has 90 valence electrons. The fourth-order valence-electron chi connectivity index (χ4n) is 2.74. The van der Waals surface area contributed by atoms with Gasteiger partial charge in [-0.25, -0.2) is 0 Å². The molecule has 1 saturated carbocycles. The molecular formula is C15H24O. The Hall–Kier alpha value is -0.850. The molecule has 16 heavy (non-hydrogen) atoms. The first kappa shape index (κ1) is 13.2. The van der Waals surface area contributed by atoms with Crippen molar-refractivity contribution in [3.8, 4) is 0 Å². The van der Waals surface area contributed by atoms with Gasteiger partial charge in [-0.05, 0) is 44.4 Å². The second-order valence-corrected chi connectivity index (χ2v) is 5.85. The van der Waals surface area contributed by atoms with Crippen molar-refractivity contribution in [2.75, 3.05) is 0 Å². The van der Waals surface area contributed by atoms with Crippen molar-refractivity contribution in [2.45, 2.75) is 47.0 Å². The minimum atomic E-state index is 0.0387. The van der Waals surface area contributed by atoms with Crippen molar-refractivity contribution in [1.82, 2.24) is 0 Å². The largest absolute Gasteiger partial charge is 0.303 e. The standard InChI is InChI=1S/C15H24O/c1-11(2)6-8-13-9-7-12(3)14(10-16)15(13,4)5/h6,10,13-14H,3,7-9H2,1-2,4-5H3. The molecule has 1 rings (SSSR count). The second-order valence-electron chi connectivity index (χ2n) is 5.85. The Bertz CT molecular complexity index is 305. The third-order valence-corrected chi connectivity index (χ3v) is 4.05. The summed E-state index contributed by atoms with van der Waals surface area (Å²) < 4.78 is 0. The number of hydrogen-bond donors (Lipinski definition) is 0. The lowest BCUT2D eigenvalue weighted by atomic mass is 9.60. The molecule has 0 N–H and O–H groups in total. The second kappa shape index (κ2) is 4.99. The Morgan fingerprint density at radius 1 is 1.50 bits per heavy atom. The first-order valence-corrected chi connectivity index (χ1v) is 6.16. The minimum absolute atomic E-state index is 0.0387. The van der Waals surface area contributed by atoms with Gasteiger partial charge in [0.2, 0.25) is 0 Å². The van der Waals surface area contributed by atoms with Gasteiger partial charge in [-0.1, -0.05) is 37.6 Å². The smallest absolute Gasteiger partial charge is 0.127 e. The van der Waals surface area contributed by atoms with Gasteiger partial charge in [0.05, 0.1) is 0 Å². The van der Waals surface area contributed by atoms with Crippen molar-refractivity contribution < 1.29 is 4.79 Å². The van der Waals surface area contributed by atoms with Crippen LogP contribution in [0.2, 0.25) is 0 Å². The molecule has 0 aliphatic heterocycles. The molecular weight excluding hydrogens is 196 g/mol. The average molecular weight is 220 g/mol. The van der Waals surface area contributed by atoms with Gasteiger partial charge >= 0.3 is 0 Å². The molecule has 1 heteroatoms. The Morgan fingerprint density at radius 2 is 2.12 bits per heavy atom. The van der Waals surface area contributed by atoms with Crippen LogP contribution in [0, 0.1) is 17.3 Å². The van der Waals surface area contributed by atoms with E-state index in [1.54, 1.807) is 0 Å². The highest BCUT2D eigenvalue weighted by atomic mass is 16.1. The summed E-state index contributed by atoms with van der Waals surface area (Å²) in [5, 5.41) is 0. The lowest BCUT2D eigenvalue weighted by Crippen LogP contribution is -2.38. The van der Waals surface area contributed by atoms with Gasteiger partial charge < -0.3 is 4.79 Å². The van der Waals surface area contributed by atoms with E-state index in [1.807, 2.05) is 0 Å². The fourth-order valence-corrected chi connectivity index (χ4v) is 2.74. The summed E-state index contributed by atoms with van der Waals surface area (Å²) in [5.41, 5.74) is 2.54. The summed E-state index contributed by atoms with van der Waals surface area (Å²) in [7, 11) is 0. The predicted octanol–water partition coefficient (Wildman–Crippen LogP) is 4.15. The van der Waals surface area contributed by atoms with Gasteiger partial charge in [-0.3, -0.25) is 0 Å². The number of carbonyl (C=O) groups excluding carboxylic acids is 1. The molecule has 2 atom stereocenters. The van der Waals surface area contributed by atoms with E-state index in [1.165, 1.54) is 12.0 Å². The molecule has 0 saturated heterocycles. The van der Waals surface area contributed by atoms with E-state index in [-0.39, 0.29) is 11.3 Å². The van der Waals surface area contributed by atoms with Crippen molar-refractivity contribution in [3.63, 3.8) is 0 Å². The van der Waals surface area contributed by atoms with Crippen LogP contribution in [-0.4, -0.2) is 6.29 Å². The predicted molar refractivity (Wildman–Crippen MR) is 69.2 cm³/mol. The van der Waals surface area contributed by atoms with E-state index >= 15 is 0 Å². The van der Waals surface area contributed by atoms with Crippen LogP contribution in [0.25, 0.3) is 0 Å². The first-order valence-electron chi connectivity index (χ1n) is 6.16. The number of hydrogen-bond acceptors (Lipinski definition) is 1. The SMILES string of the molecule is C=C1CCC(CC=C(C)C)C(C)(C)C1C=O. The van der Waals surface area contributed by atoms with Crippen molar-refractivity contribution in [2.24, 2.45) is 17.3 Å². The van der Waals surface area contributed by atoms with Crippen molar-refractivity contribution in [1.29, 1.82) is 0 Å². The third-order valence-electron chi connectivity index (χ3n) is 4.05. The Morgan fingerprint density at radius 3 is 2.62 bits per heavy atom. The highest BCUT2D eigenvalue weighted by molar-refractivity contribution is 5.60. The van der Waals surface area contributed by atoms with E-state index in [4.69, 9.17) is 0 Å². The van der Waals surface area contributed by atoms with Crippen LogP contribution in [0.3, 0.4) is 0 Å². The lowest BCUT2D eigenvalue weighted by Gasteiger charge is -2.44. The molecule has 0 spiro atoms. The molecule has 0 aromatic rings. The monoisotopic (exact) mass is 220 g/mol. The molecule has 2 unspecified atom stereocenters. The van der Waals surface area contributed by atoms with E-state index in [2.05, 4.69) is 40.3 Å². The number of allylic oxidation sites excluding steroid dienone is 3. The van der Waals surface area contributed by atoms with Crippen molar-refractivity contribution in [3.05, 3.63) is 23.8 Å². The van der Waals surface area contributed by atoms with Gasteiger partial charge in [0.1, 0.15) is 6.29 Å². The summed E-state index contributed by atoms with van der Waals surface area (Å²) in [4.78, 5) is 11.2. The minimum Gasteiger partial charge on any atom is -0.303 e. The molecule has 0 heterocycles. The molecule has 0 aromatic heterocycles. The molecule has 0 bridgehead atoms. The van der Waals surface area contributed by atoms with Crippen LogP contribution in [0.1, 0.15) is 47.0 Å². The van der Waals surface area contributed by atoms with E-state index in [0.29, 0.717) is 5.92 Å². The summed E-state index contributed by atoms with van der Waals surface area (Å²) in [6.45, 7) is 12.7. The third kappa shape index (κ3) is 2.63. The highest BCUT2D eigenvalue weighted by Gasteiger charge is 2.41. The van der Waals surface area contributed by atoms with E-state index in [9.17, 15) is 4.79 Å². The van der Waals surface area contributed by atoms with Crippen LogP contribution in [0.4, 0.5) is 0 Å². The van der Waals surface area contributed by atoms with Gasteiger partial charge in [0.25, 0.3) is 0 Å².